The van der Waals surface area contributed by atoms with E-state index in [1.54, 1.807) is 0 Å². The maximum absolute atomic E-state index is 2.25. The van der Waals surface area contributed by atoms with Crippen LogP contribution in [0.4, 0.5) is 0 Å². The molecule has 31 heavy (non-hydrogen) atoms. The van der Waals surface area contributed by atoms with Crippen molar-refractivity contribution in [3.8, 4) is 44.5 Å². The second-order valence-electron chi connectivity index (χ2n) is 7.94. The van der Waals surface area contributed by atoms with E-state index < -0.39 is 0 Å². The first-order valence-electron chi connectivity index (χ1n) is 10.7. The Balaban J connectivity index is 1.45. The summed E-state index contributed by atoms with van der Waals surface area (Å²) in [5.74, 6) is 0. The van der Waals surface area contributed by atoms with E-state index in [1.165, 1.54) is 50.1 Å². The van der Waals surface area contributed by atoms with Gasteiger partial charge in [0.2, 0.25) is 0 Å². The molecule has 0 aliphatic heterocycles. The monoisotopic (exact) mass is 396 g/mol. The lowest BCUT2D eigenvalue weighted by Gasteiger charge is -2.12. The van der Waals surface area contributed by atoms with Gasteiger partial charge < -0.3 is 0 Å². The van der Waals surface area contributed by atoms with Gasteiger partial charge in [-0.25, -0.2) is 0 Å². The van der Waals surface area contributed by atoms with Gasteiger partial charge in [-0.05, 0) is 51.4 Å². The summed E-state index contributed by atoms with van der Waals surface area (Å²) in [5, 5.41) is 0. The van der Waals surface area contributed by atoms with Crippen molar-refractivity contribution in [2.24, 2.45) is 0 Å². The lowest BCUT2D eigenvalue weighted by atomic mass is 9.92. The molecular weight excluding hydrogens is 372 g/mol. The third-order valence-electron chi connectivity index (χ3n) is 5.78. The van der Waals surface area contributed by atoms with E-state index in [0.717, 1.165) is 0 Å². The summed E-state index contributed by atoms with van der Waals surface area (Å²) in [5.41, 5.74) is 11.3. The Morgan fingerprint density at radius 1 is 0.323 bits per heavy atom. The zero-order valence-electron chi connectivity index (χ0n) is 17.6. The van der Waals surface area contributed by atoms with Gasteiger partial charge in [0, 0.05) is 0 Å². The molecule has 0 N–H and O–H groups in total. The van der Waals surface area contributed by atoms with Crippen LogP contribution >= 0.6 is 0 Å². The fourth-order valence-corrected chi connectivity index (χ4v) is 4.13. The predicted octanol–water partition coefficient (Wildman–Crippen LogP) is 8.66. The smallest absolute Gasteiger partial charge is 0.0105 e. The Morgan fingerprint density at radius 2 is 0.742 bits per heavy atom. The van der Waals surface area contributed by atoms with Crippen molar-refractivity contribution >= 4 is 0 Å². The van der Waals surface area contributed by atoms with Gasteiger partial charge in [0.05, 0.1) is 0 Å². The SMILES string of the molecule is Cc1cccc(-c2ccccc2-c2ccc(-c3ccc(-c4ccccc4)cc3)cc2)c1. The van der Waals surface area contributed by atoms with Crippen molar-refractivity contribution < 1.29 is 0 Å². The van der Waals surface area contributed by atoms with Gasteiger partial charge in [0.25, 0.3) is 0 Å². The molecule has 0 fully saturated rings. The van der Waals surface area contributed by atoms with E-state index in [1.807, 2.05) is 0 Å². The summed E-state index contributed by atoms with van der Waals surface area (Å²) in [6.45, 7) is 2.14. The lowest BCUT2D eigenvalue weighted by molar-refractivity contribution is 1.46. The normalized spacial score (nSPS) is 10.7. The standard InChI is InChI=1S/C31H24/c1-23-8-7-11-29(22-23)31-13-6-5-12-30(31)28-20-18-27(19-21-28)26-16-14-25(15-17-26)24-9-3-2-4-10-24/h2-22H,1H3. The molecule has 0 saturated heterocycles. The second-order valence-corrected chi connectivity index (χ2v) is 7.94. The molecule has 5 aromatic rings. The van der Waals surface area contributed by atoms with Crippen LogP contribution in [-0.4, -0.2) is 0 Å². The van der Waals surface area contributed by atoms with E-state index in [9.17, 15) is 0 Å². The van der Waals surface area contributed by atoms with E-state index in [2.05, 4.69) is 134 Å². The molecule has 0 aliphatic carbocycles. The van der Waals surface area contributed by atoms with Gasteiger partial charge >= 0.3 is 0 Å². The fourth-order valence-electron chi connectivity index (χ4n) is 4.13. The highest BCUT2D eigenvalue weighted by Crippen LogP contribution is 2.34. The summed E-state index contributed by atoms with van der Waals surface area (Å²) in [4.78, 5) is 0. The van der Waals surface area contributed by atoms with E-state index in [0.29, 0.717) is 0 Å². The molecule has 0 heterocycles. The van der Waals surface area contributed by atoms with Crippen LogP contribution in [0.3, 0.4) is 0 Å². The summed E-state index contributed by atoms with van der Waals surface area (Å²) >= 11 is 0. The highest BCUT2D eigenvalue weighted by molar-refractivity contribution is 5.84. The maximum Gasteiger partial charge on any atom is -0.0105 e. The van der Waals surface area contributed by atoms with Crippen molar-refractivity contribution in [1.29, 1.82) is 0 Å². The van der Waals surface area contributed by atoms with E-state index in [-0.39, 0.29) is 0 Å². The van der Waals surface area contributed by atoms with Crippen LogP contribution in [0.15, 0.2) is 127 Å². The molecule has 0 unspecified atom stereocenters. The predicted molar refractivity (Wildman–Crippen MR) is 133 cm³/mol. The van der Waals surface area contributed by atoms with Crippen LogP contribution in [0.1, 0.15) is 5.56 Å². The minimum Gasteiger partial charge on any atom is -0.0622 e. The maximum atomic E-state index is 2.25. The topological polar surface area (TPSA) is 0 Å². The fraction of sp³-hybridized carbons (Fsp3) is 0.0323. The molecule has 0 nitrogen and oxygen atoms in total. The summed E-state index contributed by atoms with van der Waals surface area (Å²) in [7, 11) is 0. The van der Waals surface area contributed by atoms with Crippen molar-refractivity contribution in [2.45, 2.75) is 6.92 Å². The van der Waals surface area contributed by atoms with Crippen LogP contribution < -0.4 is 0 Å². The Hall–Kier alpha value is -3.90. The Kier molecular flexibility index (Phi) is 5.21. The zero-order valence-corrected chi connectivity index (χ0v) is 17.6. The largest absolute Gasteiger partial charge is 0.0622 e. The van der Waals surface area contributed by atoms with Gasteiger partial charge in [-0.15, -0.1) is 0 Å². The van der Waals surface area contributed by atoms with Gasteiger partial charge in [-0.1, -0.05) is 133 Å². The molecule has 0 bridgehead atoms. The molecule has 0 heteroatoms. The number of hydrogen-bond donors (Lipinski definition) is 0. The van der Waals surface area contributed by atoms with Gasteiger partial charge in [0.1, 0.15) is 0 Å². The van der Waals surface area contributed by atoms with Gasteiger partial charge in [-0.2, -0.15) is 0 Å². The molecule has 0 atom stereocenters. The molecule has 5 aromatic carbocycles. The first kappa shape index (κ1) is 19.1. The number of benzene rings is 5. The lowest BCUT2D eigenvalue weighted by Crippen LogP contribution is -1.86. The average molecular weight is 397 g/mol. The van der Waals surface area contributed by atoms with Crippen LogP contribution in [0.5, 0.6) is 0 Å². The summed E-state index contributed by atoms with van der Waals surface area (Å²) < 4.78 is 0. The molecule has 148 valence electrons. The quantitative estimate of drug-likeness (QED) is 0.285. The first-order valence-corrected chi connectivity index (χ1v) is 10.7. The Labute approximate surface area is 184 Å². The molecule has 0 aromatic heterocycles. The van der Waals surface area contributed by atoms with E-state index in [4.69, 9.17) is 0 Å². The highest BCUT2D eigenvalue weighted by Gasteiger charge is 2.08. The Morgan fingerprint density at radius 3 is 1.29 bits per heavy atom. The van der Waals surface area contributed by atoms with E-state index >= 15 is 0 Å². The molecule has 5 rings (SSSR count). The summed E-state index contributed by atoms with van der Waals surface area (Å²) in [6.07, 6.45) is 0. The molecular formula is C31H24. The molecule has 0 aliphatic rings. The van der Waals surface area contributed by atoms with Crippen LogP contribution in [0, 0.1) is 6.92 Å². The number of hydrogen-bond acceptors (Lipinski definition) is 0. The van der Waals surface area contributed by atoms with Crippen molar-refractivity contribution in [1.82, 2.24) is 0 Å². The van der Waals surface area contributed by atoms with Crippen molar-refractivity contribution in [3.05, 3.63) is 133 Å². The summed E-state index contributed by atoms with van der Waals surface area (Å²) in [6, 6.07) is 45.6. The minimum atomic E-state index is 1.23. The van der Waals surface area contributed by atoms with Gasteiger partial charge in [0.15, 0.2) is 0 Å². The van der Waals surface area contributed by atoms with Crippen LogP contribution in [0.25, 0.3) is 44.5 Å². The second kappa shape index (κ2) is 8.45. The third kappa shape index (κ3) is 4.06. The van der Waals surface area contributed by atoms with Crippen LogP contribution in [0.2, 0.25) is 0 Å². The molecule has 0 radical (unpaired) electrons. The average Bonchev–Trinajstić information content (AvgIpc) is 2.85. The molecule has 0 spiro atoms. The van der Waals surface area contributed by atoms with Crippen molar-refractivity contribution in [3.63, 3.8) is 0 Å². The van der Waals surface area contributed by atoms with Crippen LogP contribution in [-0.2, 0) is 0 Å². The zero-order chi connectivity index (χ0) is 21.0. The Bertz CT molecular complexity index is 1290. The molecule has 0 amide bonds. The number of aryl methyl sites for hydroxylation is 1. The molecule has 0 saturated carbocycles. The first-order chi connectivity index (χ1) is 15.3. The number of rotatable bonds is 4. The highest BCUT2D eigenvalue weighted by atomic mass is 14.1. The van der Waals surface area contributed by atoms with Crippen molar-refractivity contribution in [2.75, 3.05) is 0 Å². The minimum absolute atomic E-state index is 1.23. The van der Waals surface area contributed by atoms with Gasteiger partial charge in [-0.3, -0.25) is 0 Å². The third-order valence-corrected chi connectivity index (χ3v) is 5.78.